The number of aliphatic imine (C=N–C) groups is 1. The van der Waals surface area contributed by atoms with Crippen molar-refractivity contribution in [3.8, 4) is 5.75 Å². The van der Waals surface area contributed by atoms with Gasteiger partial charge in [-0.3, -0.25) is 4.99 Å². The summed E-state index contributed by atoms with van der Waals surface area (Å²) < 4.78 is 0. The van der Waals surface area contributed by atoms with Crippen LogP contribution in [0.3, 0.4) is 0 Å². The Morgan fingerprint density at radius 1 is 1.00 bits per heavy atom. The van der Waals surface area contributed by atoms with Crippen LogP contribution in [0.1, 0.15) is 31.0 Å². The molecule has 3 rings (SSSR count). The van der Waals surface area contributed by atoms with Crippen molar-refractivity contribution >= 4 is 28.6 Å². The Hall–Kier alpha value is -2.32. The maximum Gasteiger partial charge on any atom is 0.121 e. The van der Waals surface area contributed by atoms with E-state index in [-0.39, 0.29) is 17.7 Å². The topological polar surface area (TPSA) is 32.6 Å². The summed E-state index contributed by atoms with van der Waals surface area (Å²) in [6, 6.07) is 19.2. The number of phenols is 1. The van der Waals surface area contributed by atoms with Crippen molar-refractivity contribution in [2.75, 3.05) is 0 Å². The van der Waals surface area contributed by atoms with E-state index in [9.17, 15) is 5.11 Å². The molecule has 1 unspecified atom stereocenters. The van der Waals surface area contributed by atoms with Crippen LogP contribution in [-0.4, -0.2) is 11.3 Å². The van der Waals surface area contributed by atoms with Crippen LogP contribution in [0.5, 0.6) is 5.75 Å². The van der Waals surface area contributed by atoms with Crippen LogP contribution in [0.15, 0.2) is 65.7 Å². The molecule has 0 heterocycles. The largest absolute Gasteiger partial charge is 0.508 e. The Labute approximate surface area is 147 Å². The molecule has 0 spiro atoms. The van der Waals surface area contributed by atoms with E-state index in [2.05, 4.69) is 19.9 Å². The number of nitrogens with zero attached hydrogens (tertiary/aromatic N) is 1. The van der Waals surface area contributed by atoms with Gasteiger partial charge in [0.15, 0.2) is 0 Å². The van der Waals surface area contributed by atoms with Crippen molar-refractivity contribution in [1.29, 1.82) is 0 Å². The fraction of sp³-hybridized carbons (Fsp3) is 0.190. The number of aromatic hydroxyl groups is 1. The third-order valence-electron chi connectivity index (χ3n) is 4.11. The molecule has 3 aromatic rings. The third-order valence-corrected chi connectivity index (χ3v) is 4.34. The molecule has 0 aliphatic carbocycles. The van der Waals surface area contributed by atoms with Crippen molar-refractivity contribution in [2.45, 2.75) is 19.9 Å². The first-order valence-corrected chi connectivity index (χ1v) is 8.43. The molecular weight excluding hydrogens is 318 g/mol. The van der Waals surface area contributed by atoms with E-state index in [4.69, 9.17) is 16.6 Å². The lowest BCUT2D eigenvalue weighted by Gasteiger charge is -2.20. The highest BCUT2D eigenvalue weighted by Gasteiger charge is 2.20. The standard InChI is InChI=1S/C21H20ClNO/c1-14(2)21(23-13-15-6-5-8-17(22)12-15)20-18-9-4-3-7-16(18)10-11-19(20)24/h3-14,21,24H,1-2H3. The quantitative estimate of drug-likeness (QED) is 0.580. The lowest BCUT2D eigenvalue weighted by molar-refractivity contribution is 0.444. The molecule has 0 fully saturated rings. The molecule has 0 aromatic heterocycles. The number of halogens is 1. The summed E-state index contributed by atoms with van der Waals surface area (Å²) in [5.74, 6) is 0.535. The molecule has 0 amide bonds. The van der Waals surface area contributed by atoms with Crippen molar-refractivity contribution in [1.82, 2.24) is 0 Å². The maximum absolute atomic E-state index is 10.5. The Morgan fingerprint density at radius 2 is 1.79 bits per heavy atom. The smallest absolute Gasteiger partial charge is 0.121 e. The molecular formula is C21H20ClNO. The predicted molar refractivity (Wildman–Crippen MR) is 102 cm³/mol. The molecule has 0 saturated carbocycles. The zero-order valence-electron chi connectivity index (χ0n) is 13.8. The zero-order chi connectivity index (χ0) is 17.1. The minimum atomic E-state index is -0.130. The average Bonchev–Trinajstić information content (AvgIpc) is 2.56. The van der Waals surface area contributed by atoms with E-state index in [0.717, 1.165) is 21.9 Å². The summed E-state index contributed by atoms with van der Waals surface area (Å²) in [5.41, 5.74) is 1.83. The molecule has 3 aromatic carbocycles. The lowest BCUT2D eigenvalue weighted by atomic mass is 9.91. The van der Waals surface area contributed by atoms with Gasteiger partial charge in [-0.25, -0.2) is 0 Å². The minimum Gasteiger partial charge on any atom is -0.508 e. The average molecular weight is 338 g/mol. The van der Waals surface area contributed by atoms with Crippen molar-refractivity contribution in [2.24, 2.45) is 10.9 Å². The Kier molecular flexibility index (Phi) is 4.86. The van der Waals surface area contributed by atoms with Crippen LogP contribution in [0.4, 0.5) is 0 Å². The first-order valence-electron chi connectivity index (χ1n) is 8.05. The third kappa shape index (κ3) is 3.44. The van der Waals surface area contributed by atoms with E-state index in [0.29, 0.717) is 5.02 Å². The number of benzene rings is 3. The maximum atomic E-state index is 10.5. The first-order chi connectivity index (χ1) is 11.6. The molecule has 2 nitrogen and oxygen atoms in total. The number of rotatable bonds is 4. The molecule has 0 bridgehead atoms. The summed E-state index contributed by atoms with van der Waals surface area (Å²) in [5, 5.41) is 13.3. The van der Waals surface area contributed by atoms with Crippen molar-refractivity contribution < 1.29 is 5.11 Å². The van der Waals surface area contributed by atoms with Crippen LogP contribution < -0.4 is 0 Å². The van der Waals surface area contributed by atoms with Crippen molar-refractivity contribution in [3.05, 3.63) is 76.8 Å². The molecule has 1 N–H and O–H groups in total. The number of phenolic OH excluding ortho intramolecular Hbond substituents is 1. The van der Waals surface area contributed by atoms with Crippen molar-refractivity contribution in [3.63, 3.8) is 0 Å². The van der Waals surface area contributed by atoms with Gasteiger partial charge in [0.2, 0.25) is 0 Å². The second kappa shape index (κ2) is 7.06. The van der Waals surface area contributed by atoms with Gasteiger partial charge >= 0.3 is 0 Å². The second-order valence-electron chi connectivity index (χ2n) is 6.24. The van der Waals surface area contributed by atoms with Gasteiger partial charge in [0.25, 0.3) is 0 Å². The van der Waals surface area contributed by atoms with Gasteiger partial charge in [-0.15, -0.1) is 0 Å². The van der Waals surface area contributed by atoms with Crippen LogP contribution in [0.25, 0.3) is 10.8 Å². The van der Waals surface area contributed by atoms with E-state index in [1.54, 1.807) is 6.07 Å². The number of fused-ring (bicyclic) bond motifs is 1. The molecule has 0 radical (unpaired) electrons. The van der Waals surface area contributed by atoms with Gasteiger partial charge < -0.3 is 5.11 Å². The summed E-state index contributed by atoms with van der Waals surface area (Å²) >= 11 is 6.04. The van der Waals surface area contributed by atoms with Crippen LogP contribution in [-0.2, 0) is 0 Å². The van der Waals surface area contributed by atoms with Gasteiger partial charge in [-0.1, -0.05) is 67.9 Å². The fourth-order valence-electron chi connectivity index (χ4n) is 2.93. The number of hydrogen-bond acceptors (Lipinski definition) is 2. The van der Waals surface area contributed by atoms with Gasteiger partial charge in [-0.05, 0) is 40.5 Å². The van der Waals surface area contributed by atoms with E-state index < -0.39 is 0 Å². The highest BCUT2D eigenvalue weighted by molar-refractivity contribution is 6.30. The molecule has 24 heavy (non-hydrogen) atoms. The van der Waals surface area contributed by atoms with Gasteiger partial charge in [-0.2, -0.15) is 0 Å². The van der Waals surface area contributed by atoms with Crippen LogP contribution >= 0.6 is 11.6 Å². The predicted octanol–water partition coefficient (Wildman–Crippen LogP) is 6.02. The van der Waals surface area contributed by atoms with E-state index >= 15 is 0 Å². The molecule has 1 atom stereocenters. The summed E-state index contributed by atoms with van der Waals surface area (Å²) in [6.45, 7) is 4.22. The van der Waals surface area contributed by atoms with E-state index in [1.807, 2.05) is 54.7 Å². The zero-order valence-corrected chi connectivity index (χ0v) is 14.5. The summed E-state index contributed by atoms with van der Waals surface area (Å²) in [4.78, 5) is 4.77. The Morgan fingerprint density at radius 3 is 2.54 bits per heavy atom. The summed E-state index contributed by atoms with van der Waals surface area (Å²) in [6.07, 6.45) is 1.83. The van der Waals surface area contributed by atoms with Gasteiger partial charge in [0.05, 0.1) is 6.04 Å². The van der Waals surface area contributed by atoms with Gasteiger partial charge in [0, 0.05) is 16.8 Å². The monoisotopic (exact) mass is 337 g/mol. The van der Waals surface area contributed by atoms with E-state index in [1.165, 1.54) is 0 Å². The number of hydrogen-bond donors (Lipinski definition) is 1. The fourth-order valence-corrected chi connectivity index (χ4v) is 3.13. The Balaban J connectivity index is 2.08. The highest BCUT2D eigenvalue weighted by atomic mass is 35.5. The van der Waals surface area contributed by atoms with Gasteiger partial charge in [0.1, 0.15) is 5.75 Å². The molecule has 3 heteroatoms. The normalized spacial score (nSPS) is 13.0. The molecule has 0 aliphatic heterocycles. The molecule has 122 valence electrons. The highest BCUT2D eigenvalue weighted by Crippen LogP contribution is 2.38. The molecule has 0 aliphatic rings. The SMILES string of the molecule is CC(C)C(N=Cc1cccc(Cl)c1)c1c(O)ccc2ccccc12. The second-order valence-corrected chi connectivity index (χ2v) is 6.68. The van der Waals surface area contributed by atoms with Crippen LogP contribution in [0.2, 0.25) is 5.02 Å². The lowest BCUT2D eigenvalue weighted by Crippen LogP contribution is -2.06. The first kappa shape index (κ1) is 16.5. The summed E-state index contributed by atoms with van der Waals surface area (Å²) in [7, 11) is 0. The van der Waals surface area contributed by atoms with Crippen LogP contribution in [0, 0.1) is 5.92 Å². The molecule has 0 saturated heterocycles. The minimum absolute atomic E-state index is 0.130. The Bertz CT molecular complexity index is 886.